The van der Waals surface area contributed by atoms with E-state index in [1.165, 1.54) is 5.56 Å². The van der Waals surface area contributed by atoms with E-state index in [1.54, 1.807) is 0 Å². The van der Waals surface area contributed by atoms with Gasteiger partial charge in [-0.1, -0.05) is 29.8 Å². The van der Waals surface area contributed by atoms with E-state index >= 15 is 0 Å². The van der Waals surface area contributed by atoms with Crippen molar-refractivity contribution in [2.24, 2.45) is 5.41 Å². The van der Waals surface area contributed by atoms with E-state index in [4.69, 9.17) is 11.6 Å². The minimum absolute atomic E-state index is 0.00453. The average Bonchev–Trinajstić information content (AvgIpc) is 2.28. The molecule has 1 aromatic carbocycles. The Morgan fingerprint density at radius 3 is 2.65 bits per heavy atom. The lowest BCUT2D eigenvalue weighted by atomic mass is 9.94. The maximum absolute atomic E-state index is 12.0. The first-order chi connectivity index (χ1) is 7.86. The van der Waals surface area contributed by atoms with Crippen LogP contribution >= 0.6 is 11.6 Å². The van der Waals surface area contributed by atoms with E-state index in [1.807, 2.05) is 45.9 Å². The van der Waals surface area contributed by atoms with E-state index in [-0.39, 0.29) is 11.9 Å². The van der Waals surface area contributed by atoms with Crippen molar-refractivity contribution in [2.75, 3.05) is 5.88 Å². The van der Waals surface area contributed by atoms with Crippen LogP contribution in [0.1, 0.15) is 37.9 Å². The molecule has 1 N–H and O–H groups in total. The van der Waals surface area contributed by atoms with Crippen LogP contribution in [-0.4, -0.2) is 11.8 Å². The minimum Gasteiger partial charge on any atom is -0.349 e. The molecule has 0 aromatic heterocycles. The van der Waals surface area contributed by atoms with Crippen LogP contribution in [0.3, 0.4) is 0 Å². The van der Waals surface area contributed by atoms with Gasteiger partial charge in [-0.15, -0.1) is 11.6 Å². The molecule has 3 heteroatoms. The number of amides is 1. The molecule has 0 heterocycles. The van der Waals surface area contributed by atoms with Crippen molar-refractivity contribution >= 4 is 17.5 Å². The summed E-state index contributed by atoms with van der Waals surface area (Å²) in [5.41, 5.74) is 1.78. The third-order valence-electron chi connectivity index (χ3n) is 2.84. The topological polar surface area (TPSA) is 29.1 Å². The highest BCUT2D eigenvalue weighted by atomic mass is 35.5. The molecule has 17 heavy (non-hydrogen) atoms. The lowest BCUT2D eigenvalue weighted by Gasteiger charge is -2.24. The van der Waals surface area contributed by atoms with E-state index in [2.05, 4.69) is 11.4 Å². The highest BCUT2D eigenvalue weighted by molar-refractivity contribution is 6.19. The molecule has 1 aromatic rings. The second-order valence-electron chi connectivity index (χ2n) is 5.13. The zero-order chi connectivity index (χ0) is 13.1. The van der Waals surface area contributed by atoms with Gasteiger partial charge in [-0.3, -0.25) is 4.79 Å². The molecule has 0 aliphatic heterocycles. The molecule has 0 radical (unpaired) electrons. The van der Waals surface area contributed by atoms with Crippen molar-refractivity contribution in [1.29, 1.82) is 0 Å². The van der Waals surface area contributed by atoms with Gasteiger partial charge in [0.1, 0.15) is 0 Å². The van der Waals surface area contributed by atoms with E-state index in [0.717, 1.165) is 5.56 Å². The smallest absolute Gasteiger partial charge is 0.227 e. The van der Waals surface area contributed by atoms with Crippen molar-refractivity contribution in [2.45, 2.75) is 33.7 Å². The first kappa shape index (κ1) is 14.0. The van der Waals surface area contributed by atoms with Crippen molar-refractivity contribution in [3.05, 3.63) is 35.4 Å². The first-order valence-electron chi connectivity index (χ1n) is 5.80. The van der Waals surface area contributed by atoms with Crippen molar-refractivity contribution < 1.29 is 4.79 Å². The second kappa shape index (κ2) is 5.54. The monoisotopic (exact) mass is 253 g/mol. The molecular formula is C14H20ClNO. The van der Waals surface area contributed by atoms with Crippen LogP contribution in [0.5, 0.6) is 0 Å². The fraction of sp³-hybridized carbons (Fsp3) is 0.500. The van der Waals surface area contributed by atoms with Gasteiger partial charge >= 0.3 is 0 Å². The Bertz CT molecular complexity index is 401. The second-order valence-corrected chi connectivity index (χ2v) is 5.39. The van der Waals surface area contributed by atoms with Crippen LogP contribution in [0.2, 0.25) is 0 Å². The number of halogens is 1. The van der Waals surface area contributed by atoms with Crippen LogP contribution < -0.4 is 5.32 Å². The normalized spacial score (nSPS) is 13.2. The number of rotatable bonds is 4. The molecule has 1 amide bonds. The molecule has 1 atom stereocenters. The van der Waals surface area contributed by atoms with Crippen molar-refractivity contribution in [3.63, 3.8) is 0 Å². The number of aryl methyl sites for hydroxylation is 1. The molecule has 0 unspecified atom stereocenters. The van der Waals surface area contributed by atoms with Gasteiger partial charge < -0.3 is 5.32 Å². The van der Waals surface area contributed by atoms with Gasteiger partial charge in [0.2, 0.25) is 5.91 Å². The number of benzene rings is 1. The Morgan fingerprint density at radius 1 is 1.47 bits per heavy atom. The van der Waals surface area contributed by atoms with Crippen molar-refractivity contribution in [3.8, 4) is 0 Å². The van der Waals surface area contributed by atoms with Crippen LogP contribution in [0.4, 0.5) is 0 Å². The molecule has 0 aliphatic carbocycles. The summed E-state index contributed by atoms with van der Waals surface area (Å²) in [4.78, 5) is 12.0. The summed E-state index contributed by atoms with van der Waals surface area (Å²) in [6.07, 6.45) is 0. The van der Waals surface area contributed by atoms with Gasteiger partial charge in [0, 0.05) is 5.88 Å². The summed E-state index contributed by atoms with van der Waals surface area (Å²) >= 11 is 5.78. The number of carbonyl (C=O) groups excluding carboxylic acids is 1. The maximum atomic E-state index is 12.0. The van der Waals surface area contributed by atoms with Gasteiger partial charge in [0.05, 0.1) is 11.5 Å². The zero-order valence-corrected chi connectivity index (χ0v) is 11.6. The number of hydrogen-bond acceptors (Lipinski definition) is 1. The Labute approximate surface area is 108 Å². The van der Waals surface area contributed by atoms with Crippen molar-refractivity contribution in [1.82, 2.24) is 5.32 Å². The number of carbonyl (C=O) groups is 1. The largest absolute Gasteiger partial charge is 0.349 e. The third kappa shape index (κ3) is 3.74. The molecule has 0 bridgehead atoms. The zero-order valence-electron chi connectivity index (χ0n) is 10.9. The van der Waals surface area contributed by atoms with Gasteiger partial charge in [-0.05, 0) is 33.3 Å². The summed E-state index contributed by atoms with van der Waals surface area (Å²) < 4.78 is 0. The average molecular weight is 254 g/mol. The predicted molar refractivity (Wildman–Crippen MR) is 72.2 cm³/mol. The van der Waals surface area contributed by atoms with Crippen LogP contribution in [0.25, 0.3) is 0 Å². The highest BCUT2D eigenvalue weighted by Crippen LogP contribution is 2.20. The summed E-state index contributed by atoms with van der Waals surface area (Å²) in [5, 5.41) is 2.99. The lowest BCUT2D eigenvalue weighted by Crippen LogP contribution is -2.39. The van der Waals surface area contributed by atoms with Gasteiger partial charge in [-0.25, -0.2) is 0 Å². The number of nitrogens with one attached hydrogen (secondary N) is 1. The molecule has 0 fully saturated rings. The maximum Gasteiger partial charge on any atom is 0.227 e. The standard InChI is InChI=1S/C14H20ClNO/c1-10-6-5-7-12(8-10)11(2)16-13(17)14(3,4)9-15/h5-8,11H,9H2,1-4H3,(H,16,17)/t11-/m0/s1. The molecule has 0 saturated heterocycles. The van der Waals surface area contributed by atoms with E-state index in [0.29, 0.717) is 5.88 Å². The Balaban J connectivity index is 2.73. The van der Waals surface area contributed by atoms with Gasteiger partial charge in [0.25, 0.3) is 0 Å². The fourth-order valence-electron chi connectivity index (χ4n) is 1.48. The Kier molecular flexibility index (Phi) is 4.58. The molecule has 0 spiro atoms. The molecule has 94 valence electrons. The summed E-state index contributed by atoms with van der Waals surface area (Å²) in [5.74, 6) is 0.306. The van der Waals surface area contributed by atoms with Gasteiger partial charge in [0.15, 0.2) is 0 Å². The minimum atomic E-state index is -0.528. The Morgan fingerprint density at radius 2 is 2.12 bits per heavy atom. The predicted octanol–water partition coefficient (Wildman–Crippen LogP) is 3.44. The molecule has 0 aliphatic rings. The first-order valence-corrected chi connectivity index (χ1v) is 6.34. The fourth-order valence-corrected chi connectivity index (χ4v) is 1.60. The van der Waals surface area contributed by atoms with Gasteiger partial charge in [-0.2, -0.15) is 0 Å². The SMILES string of the molecule is Cc1cccc([C@H](C)NC(=O)C(C)(C)CCl)c1. The summed E-state index contributed by atoms with van der Waals surface area (Å²) in [6.45, 7) is 7.72. The van der Waals surface area contributed by atoms with E-state index in [9.17, 15) is 4.79 Å². The summed E-state index contributed by atoms with van der Waals surface area (Å²) in [6, 6.07) is 8.15. The highest BCUT2D eigenvalue weighted by Gasteiger charge is 2.27. The van der Waals surface area contributed by atoms with E-state index < -0.39 is 5.41 Å². The number of alkyl halides is 1. The number of hydrogen-bond donors (Lipinski definition) is 1. The molecule has 0 saturated carbocycles. The van der Waals surface area contributed by atoms with Crippen LogP contribution in [-0.2, 0) is 4.79 Å². The third-order valence-corrected chi connectivity index (χ3v) is 3.51. The molecular weight excluding hydrogens is 234 g/mol. The Hall–Kier alpha value is -1.02. The lowest BCUT2D eigenvalue weighted by molar-refractivity contribution is -0.129. The quantitative estimate of drug-likeness (QED) is 0.819. The van der Waals surface area contributed by atoms with Crippen LogP contribution in [0, 0.1) is 12.3 Å². The molecule has 1 rings (SSSR count). The van der Waals surface area contributed by atoms with Crippen LogP contribution in [0.15, 0.2) is 24.3 Å². The summed E-state index contributed by atoms with van der Waals surface area (Å²) in [7, 11) is 0. The molecule has 2 nitrogen and oxygen atoms in total.